The largest absolute Gasteiger partial charge is 0.399 e. The van der Waals surface area contributed by atoms with Crippen LogP contribution in [0, 0.1) is 13.8 Å². The van der Waals surface area contributed by atoms with E-state index in [0.717, 1.165) is 17.1 Å². The standard InChI is InChI=1S/C14H16N4OS/c1-9-7-10(2)17-14(16-9)20-8-13(19)18-12-5-3-11(15)4-6-12/h3-7H,8,15H2,1-2H3,(H,18,19). The lowest BCUT2D eigenvalue weighted by atomic mass is 10.3. The molecule has 0 spiro atoms. The van der Waals surface area contributed by atoms with E-state index in [2.05, 4.69) is 15.3 Å². The number of nitrogen functional groups attached to an aromatic ring is 1. The second kappa shape index (κ2) is 6.38. The maximum Gasteiger partial charge on any atom is 0.234 e. The van der Waals surface area contributed by atoms with Gasteiger partial charge in [0.05, 0.1) is 5.75 Å². The van der Waals surface area contributed by atoms with E-state index in [4.69, 9.17) is 5.73 Å². The summed E-state index contributed by atoms with van der Waals surface area (Å²) in [6.07, 6.45) is 0. The van der Waals surface area contributed by atoms with E-state index >= 15 is 0 Å². The van der Waals surface area contributed by atoms with Gasteiger partial charge in [-0.1, -0.05) is 11.8 Å². The Morgan fingerprint density at radius 3 is 2.40 bits per heavy atom. The molecule has 2 rings (SSSR count). The number of carbonyl (C=O) groups is 1. The number of aryl methyl sites for hydroxylation is 2. The number of carbonyl (C=O) groups excluding carboxylic acids is 1. The van der Waals surface area contributed by atoms with Crippen molar-refractivity contribution < 1.29 is 4.79 Å². The van der Waals surface area contributed by atoms with Crippen molar-refractivity contribution in [2.75, 3.05) is 16.8 Å². The van der Waals surface area contributed by atoms with Gasteiger partial charge in [0.25, 0.3) is 0 Å². The van der Waals surface area contributed by atoms with Gasteiger partial charge in [0, 0.05) is 22.8 Å². The van der Waals surface area contributed by atoms with Crippen molar-refractivity contribution in [1.82, 2.24) is 9.97 Å². The minimum absolute atomic E-state index is 0.0949. The first-order chi connectivity index (χ1) is 9.52. The monoisotopic (exact) mass is 288 g/mol. The molecular formula is C14H16N4OS. The van der Waals surface area contributed by atoms with Crippen LogP contribution in [0.1, 0.15) is 11.4 Å². The molecule has 0 bridgehead atoms. The third-order valence-electron chi connectivity index (χ3n) is 2.49. The van der Waals surface area contributed by atoms with Crippen LogP contribution in [0.25, 0.3) is 0 Å². The first-order valence-corrected chi connectivity index (χ1v) is 7.12. The fourth-order valence-electron chi connectivity index (χ4n) is 1.65. The topological polar surface area (TPSA) is 80.9 Å². The maximum absolute atomic E-state index is 11.8. The molecule has 1 aromatic carbocycles. The molecule has 0 aliphatic heterocycles. The number of aromatic nitrogens is 2. The van der Waals surface area contributed by atoms with Crippen LogP contribution in [0.2, 0.25) is 0 Å². The van der Waals surface area contributed by atoms with E-state index in [1.165, 1.54) is 11.8 Å². The number of anilines is 2. The van der Waals surface area contributed by atoms with Crippen LogP contribution in [-0.4, -0.2) is 21.6 Å². The average molecular weight is 288 g/mol. The molecule has 0 aliphatic rings. The summed E-state index contributed by atoms with van der Waals surface area (Å²) >= 11 is 1.32. The zero-order valence-electron chi connectivity index (χ0n) is 11.4. The fourth-order valence-corrected chi connectivity index (χ4v) is 2.40. The zero-order valence-corrected chi connectivity index (χ0v) is 12.2. The van der Waals surface area contributed by atoms with Crippen molar-refractivity contribution in [2.24, 2.45) is 0 Å². The lowest BCUT2D eigenvalue weighted by Crippen LogP contribution is -2.14. The third-order valence-corrected chi connectivity index (χ3v) is 3.34. The van der Waals surface area contributed by atoms with Gasteiger partial charge < -0.3 is 11.1 Å². The van der Waals surface area contributed by atoms with Crippen LogP contribution in [-0.2, 0) is 4.79 Å². The summed E-state index contributed by atoms with van der Waals surface area (Å²) in [4.78, 5) is 20.4. The summed E-state index contributed by atoms with van der Waals surface area (Å²) in [5.74, 6) is 0.176. The minimum atomic E-state index is -0.0949. The van der Waals surface area contributed by atoms with E-state index in [1.807, 2.05) is 19.9 Å². The number of hydrogen-bond donors (Lipinski definition) is 2. The quantitative estimate of drug-likeness (QED) is 0.513. The van der Waals surface area contributed by atoms with Gasteiger partial charge in [0.1, 0.15) is 0 Å². The van der Waals surface area contributed by atoms with Gasteiger partial charge in [-0.15, -0.1) is 0 Å². The molecule has 2 aromatic rings. The second-order valence-electron chi connectivity index (χ2n) is 4.39. The molecule has 0 saturated heterocycles. The van der Waals surface area contributed by atoms with Crippen molar-refractivity contribution in [3.05, 3.63) is 41.7 Å². The summed E-state index contributed by atoms with van der Waals surface area (Å²) in [6, 6.07) is 8.93. The van der Waals surface area contributed by atoms with Crippen molar-refractivity contribution in [1.29, 1.82) is 0 Å². The molecule has 5 nitrogen and oxygen atoms in total. The number of nitrogens with two attached hydrogens (primary N) is 1. The normalized spacial score (nSPS) is 10.3. The molecule has 20 heavy (non-hydrogen) atoms. The smallest absolute Gasteiger partial charge is 0.234 e. The van der Waals surface area contributed by atoms with Crippen LogP contribution in [0.15, 0.2) is 35.5 Å². The van der Waals surface area contributed by atoms with Crippen molar-refractivity contribution in [3.8, 4) is 0 Å². The molecule has 104 valence electrons. The number of hydrogen-bond acceptors (Lipinski definition) is 5. The Labute approximate surface area is 122 Å². The van der Waals surface area contributed by atoms with Gasteiger partial charge in [0.15, 0.2) is 5.16 Å². The molecule has 0 aliphatic carbocycles. The molecule has 0 fully saturated rings. The van der Waals surface area contributed by atoms with E-state index in [0.29, 0.717) is 10.8 Å². The molecule has 0 unspecified atom stereocenters. The van der Waals surface area contributed by atoms with Crippen molar-refractivity contribution >= 4 is 29.0 Å². The minimum Gasteiger partial charge on any atom is -0.399 e. The zero-order chi connectivity index (χ0) is 14.5. The van der Waals surface area contributed by atoms with Gasteiger partial charge in [-0.05, 0) is 44.2 Å². The highest BCUT2D eigenvalue weighted by Gasteiger charge is 2.06. The van der Waals surface area contributed by atoms with E-state index in [-0.39, 0.29) is 11.7 Å². The SMILES string of the molecule is Cc1cc(C)nc(SCC(=O)Nc2ccc(N)cc2)n1. The molecule has 1 amide bonds. The van der Waals surface area contributed by atoms with Crippen LogP contribution < -0.4 is 11.1 Å². The van der Waals surface area contributed by atoms with Crippen molar-refractivity contribution in [3.63, 3.8) is 0 Å². The number of thioether (sulfide) groups is 1. The van der Waals surface area contributed by atoms with E-state index < -0.39 is 0 Å². The summed E-state index contributed by atoms with van der Waals surface area (Å²) < 4.78 is 0. The highest BCUT2D eigenvalue weighted by atomic mass is 32.2. The highest BCUT2D eigenvalue weighted by Crippen LogP contribution is 2.15. The van der Waals surface area contributed by atoms with Gasteiger partial charge in [0.2, 0.25) is 5.91 Å². The Hall–Kier alpha value is -2.08. The number of nitrogens with zero attached hydrogens (tertiary/aromatic N) is 2. The molecule has 1 heterocycles. The summed E-state index contributed by atoms with van der Waals surface area (Å²) in [7, 11) is 0. The average Bonchev–Trinajstić information content (AvgIpc) is 2.38. The van der Waals surface area contributed by atoms with Crippen molar-refractivity contribution in [2.45, 2.75) is 19.0 Å². The molecule has 1 aromatic heterocycles. The van der Waals surface area contributed by atoms with Crippen LogP contribution in [0.3, 0.4) is 0 Å². The molecule has 0 radical (unpaired) electrons. The Balaban J connectivity index is 1.90. The van der Waals surface area contributed by atoms with Gasteiger partial charge >= 0.3 is 0 Å². The van der Waals surface area contributed by atoms with Crippen LogP contribution in [0.4, 0.5) is 11.4 Å². The van der Waals surface area contributed by atoms with Gasteiger partial charge in [-0.2, -0.15) is 0 Å². The predicted octanol–water partition coefficient (Wildman–Crippen LogP) is 2.41. The lowest BCUT2D eigenvalue weighted by Gasteiger charge is -2.05. The first-order valence-electron chi connectivity index (χ1n) is 6.13. The van der Waals surface area contributed by atoms with Gasteiger partial charge in [-0.3, -0.25) is 4.79 Å². The highest BCUT2D eigenvalue weighted by molar-refractivity contribution is 7.99. The first kappa shape index (κ1) is 14.3. The predicted molar refractivity (Wildman–Crippen MR) is 81.7 cm³/mol. The lowest BCUT2D eigenvalue weighted by molar-refractivity contribution is -0.113. The Bertz CT molecular complexity index is 593. The third kappa shape index (κ3) is 4.24. The molecular weight excluding hydrogens is 272 g/mol. The number of rotatable bonds is 4. The molecule has 6 heteroatoms. The van der Waals surface area contributed by atoms with Crippen LogP contribution >= 0.6 is 11.8 Å². The summed E-state index contributed by atoms with van der Waals surface area (Å²) in [5, 5.41) is 3.42. The summed E-state index contributed by atoms with van der Waals surface area (Å²) in [6.45, 7) is 3.82. The molecule has 3 N–H and O–H groups in total. The summed E-state index contributed by atoms with van der Waals surface area (Å²) in [5.41, 5.74) is 8.79. The van der Waals surface area contributed by atoms with E-state index in [1.54, 1.807) is 24.3 Å². The molecule has 0 saturated carbocycles. The Morgan fingerprint density at radius 1 is 1.20 bits per heavy atom. The second-order valence-corrected chi connectivity index (χ2v) is 5.33. The number of nitrogens with one attached hydrogen (secondary N) is 1. The number of benzene rings is 1. The van der Waals surface area contributed by atoms with E-state index in [9.17, 15) is 4.79 Å². The number of amides is 1. The van der Waals surface area contributed by atoms with Gasteiger partial charge in [-0.25, -0.2) is 9.97 Å². The van der Waals surface area contributed by atoms with Crippen LogP contribution in [0.5, 0.6) is 0 Å². The Morgan fingerprint density at radius 2 is 1.80 bits per heavy atom. The fraction of sp³-hybridized carbons (Fsp3) is 0.214. The maximum atomic E-state index is 11.8. The molecule has 0 atom stereocenters. The Kier molecular flexibility index (Phi) is 4.57.